The third kappa shape index (κ3) is 4.40. The Morgan fingerprint density at radius 1 is 1.69 bits per heavy atom. The molecule has 0 aromatic carbocycles. The van der Waals surface area contributed by atoms with Gasteiger partial charge in [0, 0.05) is 18.3 Å². The van der Waals surface area contributed by atoms with Crippen LogP contribution in [-0.2, 0) is 9.59 Å². The van der Waals surface area contributed by atoms with Crippen LogP contribution >= 0.6 is 11.8 Å². The quantitative estimate of drug-likeness (QED) is 0.601. The van der Waals surface area contributed by atoms with Gasteiger partial charge in [-0.25, -0.2) is 0 Å². The van der Waals surface area contributed by atoms with Crippen molar-refractivity contribution in [3.05, 3.63) is 0 Å². The fourth-order valence-corrected chi connectivity index (χ4v) is 2.10. The minimum atomic E-state index is -0.299. The Hall–Kier alpha value is -0.750. The summed E-state index contributed by atoms with van der Waals surface area (Å²) >= 11 is 1.80. The average molecular weight is 245 g/mol. The van der Waals surface area contributed by atoms with Crippen molar-refractivity contribution in [1.82, 2.24) is 16.0 Å². The summed E-state index contributed by atoms with van der Waals surface area (Å²) in [5.74, 6) is 1.88. The maximum Gasteiger partial charge on any atom is 0.239 e. The molecule has 5 nitrogen and oxygen atoms in total. The number of hydrogen-bond donors (Lipinski definition) is 3. The van der Waals surface area contributed by atoms with Gasteiger partial charge in [0.05, 0.1) is 6.54 Å². The third-order valence-electron chi connectivity index (χ3n) is 2.29. The maximum atomic E-state index is 11.7. The first-order valence-corrected chi connectivity index (χ1v) is 6.67. The molecule has 1 aliphatic heterocycles. The first-order chi connectivity index (χ1) is 7.63. The number of thioether (sulfide) groups is 1. The zero-order valence-electron chi connectivity index (χ0n) is 9.71. The second-order valence-electron chi connectivity index (χ2n) is 3.81. The number of carbonyl (C=O) groups excluding carboxylic acids is 2. The zero-order valence-corrected chi connectivity index (χ0v) is 10.5. The Balaban J connectivity index is 2.26. The average Bonchev–Trinajstić information content (AvgIpc) is 2.27. The summed E-state index contributed by atoms with van der Waals surface area (Å²) in [4.78, 5) is 22.6. The summed E-state index contributed by atoms with van der Waals surface area (Å²) in [7, 11) is 0. The molecule has 2 amide bonds. The van der Waals surface area contributed by atoms with Gasteiger partial charge in [-0.1, -0.05) is 6.92 Å². The fourth-order valence-electron chi connectivity index (χ4n) is 1.43. The van der Waals surface area contributed by atoms with E-state index in [9.17, 15) is 9.59 Å². The van der Waals surface area contributed by atoms with Crippen LogP contribution in [0.3, 0.4) is 0 Å². The molecule has 0 saturated carbocycles. The molecule has 92 valence electrons. The summed E-state index contributed by atoms with van der Waals surface area (Å²) in [6, 6.07) is -0.136. The van der Waals surface area contributed by atoms with Crippen molar-refractivity contribution in [2.75, 3.05) is 24.6 Å². The smallest absolute Gasteiger partial charge is 0.239 e. The molecule has 0 aromatic rings. The van der Waals surface area contributed by atoms with Crippen LogP contribution in [0, 0.1) is 0 Å². The van der Waals surface area contributed by atoms with Gasteiger partial charge in [-0.2, -0.15) is 11.8 Å². The van der Waals surface area contributed by atoms with Gasteiger partial charge >= 0.3 is 0 Å². The number of hydrogen-bond acceptors (Lipinski definition) is 4. The van der Waals surface area contributed by atoms with Gasteiger partial charge in [-0.15, -0.1) is 0 Å². The fraction of sp³-hybridized carbons (Fsp3) is 0.800. The third-order valence-corrected chi connectivity index (χ3v) is 3.43. The van der Waals surface area contributed by atoms with Gasteiger partial charge < -0.3 is 10.6 Å². The maximum absolute atomic E-state index is 11.7. The zero-order chi connectivity index (χ0) is 12.0. The van der Waals surface area contributed by atoms with Crippen LogP contribution in [0.2, 0.25) is 0 Å². The van der Waals surface area contributed by atoms with Gasteiger partial charge in [0.2, 0.25) is 11.8 Å². The monoisotopic (exact) mass is 245 g/mol. The van der Waals surface area contributed by atoms with E-state index in [0.29, 0.717) is 6.54 Å². The lowest BCUT2D eigenvalue weighted by atomic mass is 10.2. The van der Waals surface area contributed by atoms with Gasteiger partial charge in [-0.3, -0.25) is 14.9 Å². The van der Waals surface area contributed by atoms with Gasteiger partial charge in [-0.05, 0) is 12.7 Å². The highest BCUT2D eigenvalue weighted by molar-refractivity contribution is 7.99. The number of piperazine rings is 1. The Morgan fingerprint density at radius 2 is 2.44 bits per heavy atom. The first-order valence-electron chi connectivity index (χ1n) is 5.51. The predicted molar refractivity (Wildman–Crippen MR) is 65.4 cm³/mol. The Bertz CT molecular complexity index is 250. The minimum Gasteiger partial charge on any atom is -0.353 e. The molecular formula is C10H19N3O2S. The highest BCUT2D eigenvalue weighted by Gasteiger charge is 2.24. The van der Waals surface area contributed by atoms with Crippen molar-refractivity contribution in [2.24, 2.45) is 0 Å². The van der Waals surface area contributed by atoms with Crippen LogP contribution < -0.4 is 16.0 Å². The lowest BCUT2D eigenvalue weighted by Gasteiger charge is -2.24. The van der Waals surface area contributed by atoms with Crippen LogP contribution in [0.4, 0.5) is 0 Å². The molecule has 1 heterocycles. The van der Waals surface area contributed by atoms with Crippen molar-refractivity contribution < 1.29 is 9.59 Å². The van der Waals surface area contributed by atoms with Crippen molar-refractivity contribution in [3.8, 4) is 0 Å². The van der Waals surface area contributed by atoms with E-state index in [0.717, 1.165) is 11.5 Å². The van der Waals surface area contributed by atoms with Gasteiger partial charge in [0.15, 0.2) is 0 Å². The standard InChI is InChI=1S/C10H19N3O2S/c1-3-16-6-7(2)13-10(15)8-4-12-9(14)5-11-8/h7-8,11H,3-6H2,1-2H3,(H,12,14)(H,13,15). The van der Waals surface area contributed by atoms with E-state index in [1.165, 1.54) is 0 Å². The van der Waals surface area contributed by atoms with Crippen LogP contribution in [0.25, 0.3) is 0 Å². The van der Waals surface area contributed by atoms with Crippen LogP contribution in [0.15, 0.2) is 0 Å². The summed E-state index contributed by atoms with van der Waals surface area (Å²) in [6.45, 7) is 4.67. The van der Waals surface area contributed by atoms with E-state index < -0.39 is 0 Å². The molecule has 0 aromatic heterocycles. The SMILES string of the molecule is CCSCC(C)NC(=O)C1CNC(=O)CN1. The summed E-state index contributed by atoms with van der Waals surface area (Å²) < 4.78 is 0. The molecule has 16 heavy (non-hydrogen) atoms. The van der Waals surface area contributed by atoms with Crippen LogP contribution in [0.5, 0.6) is 0 Å². The minimum absolute atomic E-state index is 0.0378. The molecule has 1 rings (SSSR count). The Morgan fingerprint density at radius 3 is 3.00 bits per heavy atom. The molecule has 0 bridgehead atoms. The lowest BCUT2D eigenvalue weighted by molar-refractivity contribution is -0.126. The number of carbonyl (C=O) groups is 2. The largest absolute Gasteiger partial charge is 0.353 e. The van der Waals surface area contributed by atoms with Crippen molar-refractivity contribution >= 4 is 23.6 Å². The van der Waals surface area contributed by atoms with Crippen LogP contribution in [0.1, 0.15) is 13.8 Å². The Labute approximate surface area is 100 Å². The Kier molecular flexibility index (Phi) is 5.62. The first kappa shape index (κ1) is 13.3. The van der Waals surface area contributed by atoms with Crippen molar-refractivity contribution in [1.29, 1.82) is 0 Å². The summed E-state index contributed by atoms with van der Waals surface area (Å²) in [6.07, 6.45) is 0. The normalized spacial score (nSPS) is 22.4. The second-order valence-corrected chi connectivity index (χ2v) is 5.13. The lowest BCUT2D eigenvalue weighted by Crippen LogP contribution is -2.59. The molecule has 1 aliphatic rings. The van der Waals surface area contributed by atoms with Crippen LogP contribution in [-0.4, -0.2) is 48.5 Å². The number of amides is 2. The van der Waals surface area contributed by atoms with Gasteiger partial charge in [0.25, 0.3) is 0 Å². The number of rotatable bonds is 5. The molecule has 1 saturated heterocycles. The van der Waals surface area contributed by atoms with E-state index in [2.05, 4.69) is 22.9 Å². The van der Waals surface area contributed by atoms with Crippen molar-refractivity contribution in [3.63, 3.8) is 0 Å². The van der Waals surface area contributed by atoms with Crippen molar-refractivity contribution in [2.45, 2.75) is 25.9 Å². The molecule has 0 spiro atoms. The van der Waals surface area contributed by atoms with E-state index in [4.69, 9.17) is 0 Å². The van der Waals surface area contributed by atoms with E-state index in [1.807, 2.05) is 6.92 Å². The van der Waals surface area contributed by atoms with E-state index in [1.54, 1.807) is 11.8 Å². The molecule has 0 aliphatic carbocycles. The second kappa shape index (κ2) is 6.75. The summed E-state index contributed by atoms with van der Waals surface area (Å²) in [5, 5.41) is 8.49. The topological polar surface area (TPSA) is 70.2 Å². The molecule has 1 fully saturated rings. The molecule has 0 radical (unpaired) electrons. The molecule has 3 N–H and O–H groups in total. The molecular weight excluding hydrogens is 226 g/mol. The predicted octanol–water partition coefficient (Wildman–Crippen LogP) is -0.668. The summed E-state index contributed by atoms with van der Waals surface area (Å²) in [5.41, 5.74) is 0. The highest BCUT2D eigenvalue weighted by Crippen LogP contribution is 2.01. The van der Waals surface area contributed by atoms with Gasteiger partial charge in [0.1, 0.15) is 6.04 Å². The van der Waals surface area contributed by atoms with E-state index >= 15 is 0 Å². The highest BCUT2D eigenvalue weighted by atomic mass is 32.2. The molecule has 6 heteroatoms. The van der Waals surface area contributed by atoms with E-state index in [-0.39, 0.29) is 30.4 Å². The molecule has 2 unspecified atom stereocenters. The molecule has 2 atom stereocenters. The number of nitrogens with one attached hydrogen (secondary N) is 3.